The Kier molecular flexibility index (Phi) is 10.5. The molecule has 0 aliphatic rings. The van der Waals surface area contributed by atoms with Crippen molar-refractivity contribution in [2.45, 2.75) is 36.9 Å². The summed E-state index contributed by atoms with van der Waals surface area (Å²) >= 11 is 17.3. The maximum Gasteiger partial charge on any atom is 0.484 e. The van der Waals surface area contributed by atoms with Gasteiger partial charge < -0.3 is 13.3 Å². The van der Waals surface area contributed by atoms with Crippen LogP contribution in [0.1, 0.15) is 20.8 Å². The second kappa shape index (κ2) is 9.94. The summed E-state index contributed by atoms with van der Waals surface area (Å²) in [5, 5.41) is -0.197. The number of alkyl halides is 3. The molecule has 3 unspecified atom stereocenters. The van der Waals surface area contributed by atoms with Crippen LogP contribution in [-0.4, -0.2) is 45.5 Å². The molecule has 0 N–H and O–H groups in total. The molecule has 0 fully saturated rings. The first-order chi connectivity index (χ1) is 7.41. The first kappa shape index (κ1) is 17.0. The summed E-state index contributed by atoms with van der Waals surface area (Å²) in [6.45, 7) is 6.77. The number of hydrogen-bond acceptors (Lipinski definition) is 3. The lowest BCUT2D eigenvalue weighted by molar-refractivity contribution is 0.0953. The molecule has 0 rings (SSSR count). The van der Waals surface area contributed by atoms with Crippen molar-refractivity contribution in [2.75, 3.05) is 19.8 Å². The molecule has 0 aromatic carbocycles. The molecule has 0 aromatic rings. The van der Waals surface area contributed by atoms with Crippen molar-refractivity contribution < 1.29 is 13.3 Å². The summed E-state index contributed by atoms with van der Waals surface area (Å²) in [5.41, 5.74) is 0. The van der Waals surface area contributed by atoms with Gasteiger partial charge in [-0.1, -0.05) is 0 Å². The fraction of sp³-hybridized carbons (Fsp3) is 1.00. The van der Waals surface area contributed by atoms with E-state index in [0.717, 1.165) is 0 Å². The topological polar surface area (TPSA) is 27.7 Å². The van der Waals surface area contributed by atoms with E-state index >= 15 is 0 Å². The highest BCUT2D eigenvalue weighted by Crippen LogP contribution is 2.04. The van der Waals surface area contributed by atoms with Crippen LogP contribution >= 0.6 is 34.8 Å². The van der Waals surface area contributed by atoms with Crippen LogP contribution in [0.4, 0.5) is 0 Å². The van der Waals surface area contributed by atoms with Crippen LogP contribution in [0.5, 0.6) is 0 Å². The second-order valence-corrected chi connectivity index (χ2v) is 7.44. The third-order valence-electron chi connectivity index (χ3n) is 1.39. The van der Waals surface area contributed by atoms with Gasteiger partial charge >= 0.3 is 9.53 Å². The van der Waals surface area contributed by atoms with E-state index in [2.05, 4.69) is 0 Å². The fourth-order valence-electron chi connectivity index (χ4n) is 0.778. The van der Waals surface area contributed by atoms with Gasteiger partial charge in [0.25, 0.3) is 0 Å². The van der Waals surface area contributed by atoms with E-state index in [1.807, 2.05) is 20.8 Å². The van der Waals surface area contributed by atoms with Gasteiger partial charge in [0.2, 0.25) is 0 Å². The molecule has 7 heteroatoms. The van der Waals surface area contributed by atoms with Gasteiger partial charge in [-0.25, -0.2) is 0 Å². The average Bonchev–Trinajstić information content (AvgIpc) is 2.15. The first-order valence-corrected chi connectivity index (χ1v) is 7.91. The quantitative estimate of drug-likeness (QED) is 0.484. The standard InChI is InChI=1S/C9H19Cl3O3Si/c1-7(10)4-13-16(14-5-8(2)11)15-6-9(3)12/h7-9,16H,4-6H2,1-3H3. The van der Waals surface area contributed by atoms with Crippen LogP contribution in [0.2, 0.25) is 0 Å². The summed E-state index contributed by atoms with van der Waals surface area (Å²) < 4.78 is 16.3. The van der Waals surface area contributed by atoms with E-state index < -0.39 is 9.53 Å². The molecule has 0 spiro atoms. The third kappa shape index (κ3) is 11.5. The monoisotopic (exact) mass is 308 g/mol. The van der Waals surface area contributed by atoms with Crippen LogP contribution < -0.4 is 0 Å². The van der Waals surface area contributed by atoms with Gasteiger partial charge in [-0.15, -0.1) is 34.8 Å². The lowest BCUT2D eigenvalue weighted by Crippen LogP contribution is -2.32. The van der Waals surface area contributed by atoms with Crippen LogP contribution in [0.3, 0.4) is 0 Å². The van der Waals surface area contributed by atoms with Crippen LogP contribution in [0, 0.1) is 0 Å². The molecule has 0 bridgehead atoms. The van der Waals surface area contributed by atoms with Gasteiger partial charge in [0.05, 0.1) is 36.0 Å². The van der Waals surface area contributed by atoms with E-state index in [1.54, 1.807) is 0 Å². The van der Waals surface area contributed by atoms with Crippen molar-refractivity contribution >= 4 is 44.3 Å². The lowest BCUT2D eigenvalue weighted by Gasteiger charge is -2.18. The average molecular weight is 310 g/mol. The molecule has 0 amide bonds. The summed E-state index contributed by atoms with van der Waals surface area (Å²) in [6, 6.07) is 0. The SMILES string of the molecule is CC(Cl)CO[SiH](OCC(C)Cl)OCC(C)Cl. The molecule has 16 heavy (non-hydrogen) atoms. The van der Waals surface area contributed by atoms with Crippen LogP contribution in [-0.2, 0) is 13.3 Å². The summed E-state index contributed by atoms with van der Waals surface area (Å²) in [7, 11) is -2.16. The molecule has 0 aliphatic heterocycles. The van der Waals surface area contributed by atoms with Crippen molar-refractivity contribution in [3.05, 3.63) is 0 Å². The Morgan fingerprint density at radius 2 is 1.00 bits per heavy atom. The molecule has 3 nitrogen and oxygen atoms in total. The highest BCUT2D eigenvalue weighted by molar-refractivity contribution is 6.36. The Balaban J connectivity index is 3.85. The highest BCUT2D eigenvalue weighted by atomic mass is 35.5. The van der Waals surface area contributed by atoms with Crippen molar-refractivity contribution in [2.24, 2.45) is 0 Å². The summed E-state index contributed by atoms with van der Waals surface area (Å²) in [6.07, 6.45) is 0. The minimum atomic E-state index is -2.16. The van der Waals surface area contributed by atoms with Gasteiger partial charge in [-0.05, 0) is 20.8 Å². The minimum absolute atomic E-state index is 0.0657. The Bertz CT molecular complexity index is 142. The van der Waals surface area contributed by atoms with Crippen molar-refractivity contribution in [1.82, 2.24) is 0 Å². The van der Waals surface area contributed by atoms with Crippen molar-refractivity contribution in [3.63, 3.8) is 0 Å². The van der Waals surface area contributed by atoms with E-state index in [4.69, 9.17) is 48.1 Å². The molecular weight excluding hydrogens is 291 g/mol. The predicted octanol–water partition coefficient (Wildman–Crippen LogP) is 2.64. The summed E-state index contributed by atoms with van der Waals surface area (Å²) in [5.74, 6) is 0. The predicted molar refractivity (Wildman–Crippen MR) is 71.0 cm³/mol. The maximum atomic E-state index is 5.78. The number of hydrogen-bond donors (Lipinski definition) is 0. The van der Waals surface area contributed by atoms with E-state index in [-0.39, 0.29) is 16.1 Å². The lowest BCUT2D eigenvalue weighted by atomic mass is 10.5. The van der Waals surface area contributed by atoms with E-state index in [0.29, 0.717) is 19.8 Å². The third-order valence-corrected chi connectivity index (χ3v) is 3.16. The zero-order chi connectivity index (χ0) is 12.6. The van der Waals surface area contributed by atoms with Gasteiger partial charge in [-0.2, -0.15) is 0 Å². The van der Waals surface area contributed by atoms with Gasteiger partial charge in [0.1, 0.15) is 0 Å². The fourth-order valence-corrected chi connectivity index (χ4v) is 2.99. The molecule has 0 radical (unpaired) electrons. The molecular formula is C9H19Cl3O3Si. The van der Waals surface area contributed by atoms with Crippen LogP contribution in [0.15, 0.2) is 0 Å². The Labute approximate surface area is 114 Å². The number of rotatable bonds is 9. The smallest absolute Gasteiger partial charge is 0.374 e. The molecule has 98 valence electrons. The Morgan fingerprint density at radius 1 is 0.750 bits per heavy atom. The molecule has 0 aromatic heterocycles. The normalized spacial score (nSPS) is 19.1. The number of halogens is 3. The Hall–Kier alpha value is 0.967. The van der Waals surface area contributed by atoms with Gasteiger partial charge in [-0.3, -0.25) is 0 Å². The molecule has 0 saturated carbocycles. The minimum Gasteiger partial charge on any atom is -0.374 e. The van der Waals surface area contributed by atoms with Crippen LogP contribution in [0.25, 0.3) is 0 Å². The van der Waals surface area contributed by atoms with Gasteiger partial charge in [0.15, 0.2) is 0 Å². The molecule has 3 atom stereocenters. The second-order valence-electron chi connectivity index (χ2n) is 3.63. The highest BCUT2D eigenvalue weighted by Gasteiger charge is 2.18. The summed E-state index contributed by atoms with van der Waals surface area (Å²) in [4.78, 5) is 0. The molecule has 0 heterocycles. The molecule has 0 saturated heterocycles. The Morgan fingerprint density at radius 3 is 1.19 bits per heavy atom. The van der Waals surface area contributed by atoms with Gasteiger partial charge in [0, 0.05) is 0 Å². The van der Waals surface area contributed by atoms with Crippen molar-refractivity contribution in [3.8, 4) is 0 Å². The molecule has 0 aliphatic carbocycles. The van der Waals surface area contributed by atoms with E-state index in [9.17, 15) is 0 Å². The van der Waals surface area contributed by atoms with E-state index in [1.165, 1.54) is 0 Å². The maximum absolute atomic E-state index is 5.78. The first-order valence-electron chi connectivity index (χ1n) is 5.18. The largest absolute Gasteiger partial charge is 0.484 e. The van der Waals surface area contributed by atoms with Crippen molar-refractivity contribution in [1.29, 1.82) is 0 Å². The zero-order valence-electron chi connectivity index (χ0n) is 9.79. The zero-order valence-corrected chi connectivity index (χ0v) is 13.2.